The minimum Gasteiger partial charge on any atom is -0.244 e. The van der Waals surface area contributed by atoms with Gasteiger partial charge < -0.3 is 0 Å². The summed E-state index contributed by atoms with van der Waals surface area (Å²) in [5.74, 6) is 0.562. The van der Waals surface area contributed by atoms with Crippen LogP contribution in [0.15, 0.2) is 34.9 Å². The number of aromatic nitrogens is 1. The Bertz CT molecular complexity index is 445. The van der Waals surface area contributed by atoms with Crippen LogP contribution in [0.3, 0.4) is 0 Å². The first-order valence-electron chi connectivity index (χ1n) is 4.88. The molecule has 0 spiro atoms. The summed E-state index contributed by atoms with van der Waals surface area (Å²) in [6, 6.07) is 8.28. The van der Waals surface area contributed by atoms with Gasteiger partial charge in [-0.05, 0) is 18.1 Å². The molecule has 0 unspecified atom stereocenters. The molecule has 1 aromatic carbocycles. The van der Waals surface area contributed by atoms with E-state index in [1.165, 1.54) is 10.4 Å². The fraction of sp³-hybridized carbons (Fsp3) is 0.250. The van der Waals surface area contributed by atoms with Crippen molar-refractivity contribution >= 4 is 27.3 Å². The maximum atomic E-state index is 4.44. The molecule has 1 aromatic heterocycles. The summed E-state index contributed by atoms with van der Waals surface area (Å²) in [4.78, 5) is 5.78. The van der Waals surface area contributed by atoms with Gasteiger partial charge in [0.25, 0.3) is 0 Å². The molecule has 1 nitrogen and oxygen atoms in total. The number of hydrogen-bond donors (Lipinski definition) is 0. The topological polar surface area (TPSA) is 12.9 Å². The fourth-order valence-electron chi connectivity index (χ4n) is 1.28. The van der Waals surface area contributed by atoms with Gasteiger partial charge in [-0.1, -0.05) is 41.9 Å². The lowest BCUT2D eigenvalue weighted by molar-refractivity contribution is 0.885. The molecule has 0 aliphatic heterocycles. The van der Waals surface area contributed by atoms with E-state index >= 15 is 0 Å². The normalized spacial score (nSPS) is 10.9. The summed E-state index contributed by atoms with van der Waals surface area (Å²) in [6.45, 7) is 4.39. The van der Waals surface area contributed by atoms with E-state index in [1.54, 1.807) is 11.3 Å². The number of rotatable bonds is 2. The van der Waals surface area contributed by atoms with Gasteiger partial charge in [-0.15, -0.1) is 11.3 Å². The highest BCUT2D eigenvalue weighted by Gasteiger charge is 2.06. The van der Waals surface area contributed by atoms with Gasteiger partial charge >= 0.3 is 0 Å². The molecule has 0 saturated carbocycles. The Hall–Kier alpha value is -0.670. The molecule has 0 radical (unpaired) electrons. The van der Waals surface area contributed by atoms with Crippen LogP contribution in [0.5, 0.6) is 0 Å². The van der Waals surface area contributed by atoms with Gasteiger partial charge in [0, 0.05) is 21.1 Å². The minimum absolute atomic E-state index is 0.562. The Morgan fingerprint density at radius 1 is 1.20 bits per heavy atom. The van der Waals surface area contributed by atoms with E-state index in [0.717, 1.165) is 9.48 Å². The van der Waals surface area contributed by atoms with E-state index in [-0.39, 0.29) is 0 Å². The largest absolute Gasteiger partial charge is 0.244 e. The zero-order chi connectivity index (χ0) is 10.8. The van der Waals surface area contributed by atoms with Crippen LogP contribution in [0, 0.1) is 0 Å². The fourth-order valence-corrected chi connectivity index (χ4v) is 2.47. The molecular weight excluding hydrogens is 270 g/mol. The number of benzene rings is 1. The summed E-state index contributed by atoms with van der Waals surface area (Å²) in [5, 5.41) is 1.10. The molecule has 0 N–H and O–H groups in total. The Morgan fingerprint density at radius 2 is 1.87 bits per heavy atom. The predicted molar refractivity (Wildman–Crippen MR) is 69.3 cm³/mol. The van der Waals surface area contributed by atoms with Gasteiger partial charge in [-0.3, -0.25) is 0 Å². The lowest BCUT2D eigenvalue weighted by Gasteiger charge is -1.97. The zero-order valence-electron chi connectivity index (χ0n) is 8.70. The first-order chi connectivity index (χ1) is 7.16. The van der Waals surface area contributed by atoms with Gasteiger partial charge in [0.2, 0.25) is 0 Å². The van der Waals surface area contributed by atoms with Gasteiger partial charge in [0.05, 0.1) is 0 Å². The van der Waals surface area contributed by atoms with E-state index < -0.39 is 0 Å². The summed E-state index contributed by atoms with van der Waals surface area (Å²) in [7, 11) is 0. The average Bonchev–Trinajstić information content (AvgIpc) is 2.68. The zero-order valence-corrected chi connectivity index (χ0v) is 11.1. The Morgan fingerprint density at radius 3 is 2.40 bits per heavy atom. The Kier molecular flexibility index (Phi) is 3.22. The Balaban J connectivity index is 2.33. The molecule has 0 fully saturated rings. The minimum atomic E-state index is 0.562. The first-order valence-corrected chi connectivity index (χ1v) is 6.49. The van der Waals surface area contributed by atoms with E-state index in [9.17, 15) is 0 Å². The summed E-state index contributed by atoms with van der Waals surface area (Å²) in [6.07, 6.45) is 1.98. The second kappa shape index (κ2) is 4.45. The van der Waals surface area contributed by atoms with Crippen LogP contribution in [0.1, 0.15) is 24.6 Å². The molecule has 0 atom stereocenters. The van der Waals surface area contributed by atoms with Gasteiger partial charge in [-0.2, -0.15) is 0 Å². The van der Waals surface area contributed by atoms with Crippen molar-refractivity contribution in [1.29, 1.82) is 0 Å². The summed E-state index contributed by atoms with van der Waals surface area (Å²) >= 11 is 5.20. The van der Waals surface area contributed by atoms with Crippen LogP contribution in [0.25, 0.3) is 10.6 Å². The number of thiazole rings is 1. The first kappa shape index (κ1) is 10.8. The standard InChI is InChI=1S/C12H12BrNS/c1-8(2)11-7-14-12(15-11)9-3-5-10(13)6-4-9/h3-8H,1-2H3. The molecule has 0 saturated heterocycles. The molecule has 15 heavy (non-hydrogen) atoms. The lowest BCUT2D eigenvalue weighted by Crippen LogP contribution is -1.77. The molecule has 0 aliphatic rings. The molecule has 2 rings (SSSR count). The van der Waals surface area contributed by atoms with E-state index in [4.69, 9.17) is 0 Å². The second-order valence-electron chi connectivity index (χ2n) is 3.73. The van der Waals surface area contributed by atoms with Crippen molar-refractivity contribution in [2.24, 2.45) is 0 Å². The van der Waals surface area contributed by atoms with Crippen molar-refractivity contribution in [3.05, 3.63) is 39.8 Å². The van der Waals surface area contributed by atoms with Crippen LogP contribution in [-0.2, 0) is 0 Å². The highest BCUT2D eigenvalue weighted by Crippen LogP contribution is 2.29. The van der Waals surface area contributed by atoms with Crippen LogP contribution >= 0.6 is 27.3 Å². The average molecular weight is 282 g/mol. The maximum absolute atomic E-state index is 4.44. The number of halogens is 1. The van der Waals surface area contributed by atoms with Crippen molar-refractivity contribution in [2.45, 2.75) is 19.8 Å². The molecule has 78 valence electrons. The second-order valence-corrected chi connectivity index (χ2v) is 5.71. The predicted octanol–water partition coefficient (Wildman–Crippen LogP) is 4.70. The highest BCUT2D eigenvalue weighted by molar-refractivity contribution is 9.10. The summed E-state index contributed by atoms with van der Waals surface area (Å²) in [5.41, 5.74) is 1.19. The number of hydrogen-bond acceptors (Lipinski definition) is 2. The molecular formula is C12H12BrNS. The van der Waals surface area contributed by atoms with E-state index in [1.807, 2.05) is 18.3 Å². The molecule has 0 aliphatic carbocycles. The van der Waals surface area contributed by atoms with Crippen LogP contribution in [0.4, 0.5) is 0 Å². The van der Waals surface area contributed by atoms with Gasteiger partial charge in [-0.25, -0.2) is 4.98 Å². The van der Waals surface area contributed by atoms with Crippen LogP contribution in [0.2, 0.25) is 0 Å². The van der Waals surface area contributed by atoms with Crippen molar-refractivity contribution < 1.29 is 0 Å². The quantitative estimate of drug-likeness (QED) is 0.778. The van der Waals surface area contributed by atoms with Gasteiger partial charge in [0.1, 0.15) is 5.01 Å². The SMILES string of the molecule is CC(C)c1cnc(-c2ccc(Br)cc2)s1. The third kappa shape index (κ3) is 2.47. The van der Waals surface area contributed by atoms with Gasteiger partial charge in [0.15, 0.2) is 0 Å². The van der Waals surface area contributed by atoms with Crippen LogP contribution < -0.4 is 0 Å². The smallest absolute Gasteiger partial charge is 0.123 e. The third-order valence-corrected chi connectivity index (χ3v) is 4.06. The maximum Gasteiger partial charge on any atom is 0.123 e. The summed E-state index contributed by atoms with van der Waals surface area (Å²) < 4.78 is 1.10. The van der Waals surface area contributed by atoms with Crippen molar-refractivity contribution in [2.75, 3.05) is 0 Å². The monoisotopic (exact) mass is 281 g/mol. The molecule has 0 amide bonds. The van der Waals surface area contributed by atoms with E-state index in [0.29, 0.717) is 5.92 Å². The lowest BCUT2D eigenvalue weighted by atomic mass is 10.2. The molecule has 3 heteroatoms. The van der Waals surface area contributed by atoms with Crippen molar-refractivity contribution in [1.82, 2.24) is 4.98 Å². The van der Waals surface area contributed by atoms with E-state index in [2.05, 4.69) is 46.9 Å². The van der Waals surface area contributed by atoms with Crippen molar-refractivity contribution in [3.63, 3.8) is 0 Å². The molecule has 0 bridgehead atoms. The molecule has 1 heterocycles. The Labute approximate surface area is 102 Å². The molecule has 2 aromatic rings. The highest BCUT2D eigenvalue weighted by atomic mass is 79.9. The van der Waals surface area contributed by atoms with Crippen LogP contribution in [-0.4, -0.2) is 4.98 Å². The third-order valence-electron chi connectivity index (χ3n) is 2.18. The van der Waals surface area contributed by atoms with Crippen molar-refractivity contribution in [3.8, 4) is 10.6 Å². The number of nitrogens with zero attached hydrogens (tertiary/aromatic N) is 1.